The van der Waals surface area contributed by atoms with Gasteiger partial charge in [-0.05, 0) is 0 Å². The summed E-state index contributed by atoms with van der Waals surface area (Å²) in [6.45, 7) is 0.743. The maximum Gasteiger partial charge on any atom is 0.243 e. The lowest BCUT2D eigenvalue weighted by Gasteiger charge is -2.14. The number of methoxy groups -OCH3 is 2. The van der Waals surface area contributed by atoms with Gasteiger partial charge in [0.25, 0.3) is 0 Å². The molecule has 0 saturated heterocycles. The minimum absolute atomic E-state index is 0.0942. The van der Waals surface area contributed by atoms with Crippen LogP contribution in [0.2, 0.25) is 0 Å². The first-order valence-electron chi connectivity index (χ1n) is 5.70. The molecule has 106 valence electrons. The van der Waals surface area contributed by atoms with Crippen molar-refractivity contribution in [2.75, 3.05) is 45.0 Å². The van der Waals surface area contributed by atoms with Crippen molar-refractivity contribution in [2.45, 2.75) is 0 Å². The first kappa shape index (κ1) is 14.9. The fourth-order valence-corrected chi connectivity index (χ4v) is 1.48. The highest BCUT2D eigenvalue weighted by atomic mass is 16.5. The minimum Gasteiger partial charge on any atom is -0.493 e. The molecule has 0 saturated carbocycles. The van der Waals surface area contributed by atoms with Crippen LogP contribution in [0.3, 0.4) is 0 Å². The number of hydrogen-bond acceptors (Lipinski definition) is 6. The predicted octanol–water partition coefficient (Wildman–Crippen LogP) is 0.200. The summed E-state index contributed by atoms with van der Waals surface area (Å²) in [7, 11) is 3.09. The second-order valence-electron chi connectivity index (χ2n) is 3.74. The Labute approximate surface area is 111 Å². The van der Waals surface area contributed by atoms with Gasteiger partial charge in [-0.3, -0.25) is 4.79 Å². The molecule has 1 amide bonds. The first-order valence-corrected chi connectivity index (χ1v) is 5.70. The number of hydrogen-bond donors (Lipinski definition) is 3. The first-order chi connectivity index (χ1) is 9.08. The van der Waals surface area contributed by atoms with E-state index in [1.54, 1.807) is 26.4 Å². The fourth-order valence-electron chi connectivity index (χ4n) is 1.48. The van der Waals surface area contributed by atoms with Crippen molar-refractivity contribution in [3.8, 4) is 11.5 Å². The molecular formula is C12H19N3O4. The highest BCUT2D eigenvalue weighted by molar-refractivity contribution is 5.75. The van der Waals surface area contributed by atoms with Gasteiger partial charge in [0.05, 0.1) is 32.2 Å². The third-order valence-electron chi connectivity index (χ3n) is 2.36. The molecule has 0 heterocycles. The second kappa shape index (κ2) is 7.32. The van der Waals surface area contributed by atoms with Crippen LogP contribution in [-0.4, -0.2) is 39.9 Å². The molecule has 1 rings (SSSR count). The number of anilines is 2. The SMILES string of the molecule is COc1cc(N)c(NCCOCC(N)=O)cc1OC. The molecule has 5 N–H and O–H groups in total. The minimum atomic E-state index is -0.495. The van der Waals surface area contributed by atoms with E-state index < -0.39 is 5.91 Å². The second-order valence-corrected chi connectivity index (χ2v) is 3.74. The normalized spacial score (nSPS) is 10.0. The van der Waals surface area contributed by atoms with Gasteiger partial charge < -0.3 is 31.0 Å². The van der Waals surface area contributed by atoms with E-state index in [1.807, 2.05) is 0 Å². The summed E-state index contributed by atoms with van der Waals surface area (Å²) >= 11 is 0. The predicted molar refractivity (Wildman–Crippen MR) is 72.5 cm³/mol. The number of carbonyl (C=O) groups is 1. The molecule has 0 bridgehead atoms. The zero-order valence-corrected chi connectivity index (χ0v) is 11.1. The van der Waals surface area contributed by atoms with Gasteiger partial charge >= 0.3 is 0 Å². The molecule has 0 spiro atoms. The van der Waals surface area contributed by atoms with Gasteiger partial charge in [-0.1, -0.05) is 0 Å². The summed E-state index contributed by atoms with van der Waals surface area (Å²) in [5.74, 6) is 0.651. The third kappa shape index (κ3) is 4.55. The lowest BCUT2D eigenvalue weighted by atomic mass is 10.2. The smallest absolute Gasteiger partial charge is 0.243 e. The maximum atomic E-state index is 10.5. The molecule has 1 aromatic rings. The van der Waals surface area contributed by atoms with E-state index in [-0.39, 0.29) is 6.61 Å². The maximum absolute atomic E-state index is 10.5. The van der Waals surface area contributed by atoms with Crippen LogP contribution in [0, 0.1) is 0 Å². The van der Waals surface area contributed by atoms with Crippen LogP contribution in [0.15, 0.2) is 12.1 Å². The average molecular weight is 269 g/mol. The Hall–Kier alpha value is -2.15. The van der Waals surface area contributed by atoms with Crippen molar-refractivity contribution < 1.29 is 19.0 Å². The standard InChI is InChI=1S/C12H19N3O4/c1-17-10-5-8(13)9(6-11(10)18-2)15-3-4-19-7-12(14)16/h5-6,15H,3-4,7,13H2,1-2H3,(H2,14,16). The van der Waals surface area contributed by atoms with Gasteiger partial charge in [-0.25, -0.2) is 0 Å². The topological polar surface area (TPSA) is 109 Å². The molecule has 19 heavy (non-hydrogen) atoms. The molecule has 0 aliphatic carbocycles. The number of benzene rings is 1. The number of primary amides is 1. The summed E-state index contributed by atoms with van der Waals surface area (Å²) < 4.78 is 15.3. The molecule has 7 nitrogen and oxygen atoms in total. The Morgan fingerprint density at radius 2 is 1.89 bits per heavy atom. The Morgan fingerprint density at radius 3 is 2.47 bits per heavy atom. The highest BCUT2D eigenvalue weighted by Gasteiger charge is 2.08. The van der Waals surface area contributed by atoms with Crippen molar-refractivity contribution in [3.63, 3.8) is 0 Å². The Balaban J connectivity index is 2.56. The number of ether oxygens (including phenoxy) is 3. The van der Waals surface area contributed by atoms with Gasteiger partial charge in [0.1, 0.15) is 6.61 Å². The lowest BCUT2D eigenvalue weighted by molar-refractivity contribution is -0.122. The van der Waals surface area contributed by atoms with Gasteiger partial charge in [0, 0.05) is 18.7 Å². The summed E-state index contributed by atoms with van der Waals surface area (Å²) in [4.78, 5) is 10.5. The van der Waals surface area contributed by atoms with Gasteiger partial charge in [-0.2, -0.15) is 0 Å². The van der Waals surface area contributed by atoms with Gasteiger partial charge in [0.2, 0.25) is 5.91 Å². The zero-order valence-electron chi connectivity index (χ0n) is 11.1. The monoisotopic (exact) mass is 269 g/mol. The van der Waals surface area contributed by atoms with Gasteiger partial charge in [0.15, 0.2) is 11.5 Å². The van der Waals surface area contributed by atoms with Crippen LogP contribution in [0.1, 0.15) is 0 Å². The van der Waals surface area contributed by atoms with Crippen LogP contribution in [-0.2, 0) is 9.53 Å². The molecular weight excluding hydrogens is 250 g/mol. The quantitative estimate of drug-likeness (QED) is 0.459. The molecule has 0 fully saturated rings. The van der Waals surface area contributed by atoms with Crippen LogP contribution >= 0.6 is 0 Å². The van der Waals surface area contributed by atoms with Crippen molar-refractivity contribution in [2.24, 2.45) is 5.73 Å². The Bertz CT molecular complexity index is 437. The summed E-state index contributed by atoms with van der Waals surface area (Å²) in [5, 5.41) is 3.08. The van der Waals surface area contributed by atoms with E-state index in [9.17, 15) is 4.79 Å². The number of amides is 1. The molecule has 0 aliphatic rings. The van der Waals surface area contributed by atoms with Crippen LogP contribution in [0.25, 0.3) is 0 Å². The fraction of sp³-hybridized carbons (Fsp3) is 0.417. The molecule has 0 radical (unpaired) electrons. The van der Waals surface area contributed by atoms with E-state index in [1.165, 1.54) is 0 Å². The lowest BCUT2D eigenvalue weighted by Crippen LogP contribution is -2.20. The number of rotatable bonds is 8. The number of nitrogen functional groups attached to an aromatic ring is 1. The van der Waals surface area contributed by atoms with E-state index in [4.69, 9.17) is 25.7 Å². The largest absolute Gasteiger partial charge is 0.493 e. The van der Waals surface area contributed by atoms with E-state index in [0.29, 0.717) is 36.0 Å². The highest BCUT2D eigenvalue weighted by Crippen LogP contribution is 2.34. The molecule has 0 aromatic heterocycles. The summed E-state index contributed by atoms with van der Waals surface area (Å²) in [5.41, 5.74) is 12.1. The molecule has 0 unspecified atom stereocenters. The number of nitrogens with one attached hydrogen (secondary N) is 1. The van der Waals surface area contributed by atoms with E-state index in [2.05, 4.69) is 5.32 Å². The Kier molecular flexibility index (Phi) is 5.74. The molecule has 0 atom stereocenters. The molecule has 0 aliphatic heterocycles. The molecule has 1 aromatic carbocycles. The van der Waals surface area contributed by atoms with Crippen LogP contribution < -0.4 is 26.3 Å². The average Bonchev–Trinajstić information content (AvgIpc) is 2.39. The van der Waals surface area contributed by atoms with Gasteiger partial charge in [-0.15, -0.1) is 0 Å². The zero-order chi connectivity index (χ0) is 14.3. The van der Waals surface area contributed by atoms with Crippen molar-refractivity contribution in [3.05, 3.63) is 12.1 Å². The third-order valence-corrected chi connectivity index (χ3v) is 2.36. The number of nitrogens with two attached hydrogens (primary N) is 2. The summed E-state index contributed by atoms with van der Waals surface area (Å²) in [6, 6.07) is 3.41. The van der Waals surface area contributed by atoms with E-state index in [0.717, 1.165) is 0 Å². The van der Waals surface area contributed by atoms with Crippen molar-refractivity contribution >= 4 is 17.3 Å². The van der Waals surface area contributed by atoms with Crippen LogP contribution in [0.5, 0.6) is 11.5 Å². The van der Waals surface area contributed by atoms with E-state index >= 15 is 0 Å². The number of carbonyl (C=O) groups excluding carboxylic acids is 1. The Morgan fingerprint density at radius 1 is 1.26 bits per heavy atom. The molecule has 7 heteroatoms. The van der Waals surface area contributed by atoms with Crippen molar-refractivity contribution in [1.29, 1.82) is 0 Å². The van der Waals surface area contributed by atoms with Crippen LogP contribution in [0.4, 0.5) is 11.4 Å². The van der Waals surface area contributed by atoms with Crippen molar-refractivity contribution in [1.82, 2.24) is 0 Å². The summed E-state index contributed by atoms with van der Waals surface area (Å²) in [6.07, 6.45) is 0.